The van der Waals surface area contributed by atoms with Crippen molar-refractivity contribution < 1.29 is 0 Å². The molecule has 0 N–H and O–H groups in total. The first-order chi connectivity index (χ1) is 13.9. The minimum atomic E-state index is -0.188. The van der Waals surface area contributed by atoms with Crippen molar-refractivity contribution in [3.63, 3.8) is 0 Å². The molecular weight excluding hydrogens is 348 g/mol. The van der Waals surface area contributed by atoms with Gasteiger partial charge in [0.25, 0.3) is 0 Å². The normalized spacial score (nSPS) is 24.9. The van der Waals surface area contributed by atoms with Crippen LogP contribution in [-0.2, 0) is 5.41 Å². The Balaban J connectivity index is 1.86. The van der Waals surface area contributed by atoms with E-state index in [-0.39, 0.29) is 5.41 Å². The van der Waals surface area contributed by atoms with Crippen molar-refractivity contribution in [2.75, 3.05) is 0 Å². The van der Waals surface area contributed by atoms with Gasteiger partial charge < -0.3 is 0 Å². The Morgan fingerprint density at radius 2 is 1.66 bits per heavy atom. The maximum atomic E-state index is 2.47. The van der Waals surface area contributed by atoms with E-state index in [0.717, 1.165) is 0 Å². The van der Waals surface area contributed by atoms with E-state index in [4.69, 9.17) is 0 Å². The van der Waals surface area contributed by atoms with Crippen molar-refractivity contribution in [3.8, 4) is 0 Å². The van der Waals surface area contributed by atoms with Crippen LogP contribution in [0.1, 0.15) is 54.5 Å². The highest BCUT2D eigenvalue weighted by atomic mass is 14.5. The fourth-order valence-corrected chi connectivity index (χ4v) is 5.67. The molecule has 0 bridgehead atoms. The van der Waals surface area contributed by atoms with Crippen molar-refractivity contribution >= 4 is 6.08 Å². The quantitative estimate of drug-likeness (QED) is 0.508. The fraction of sp³-hybridized carbons (Fsp3) is 0.241. The molecule has 0 heteroatoms. The standard InChI is InChI=1S/C29H28/c1-18-12-13-19(2)26(15-18)29(14-8-11-24-22(5)20(3)17-27(24)29)28-21(4)16-23-9-6-7-10-25(23)28/h6-17,28H,1-5H3/t28-,29?/m1/s1. The van der Waals surface area contributed by atoms with E-state index in [2.05, 4.69) is 107 Å². The summed E-state index contributed by atoms with van der Waals surface area (Å²) in [6.07, 6.45) is 11.9. The van der Waals surface area contributed by atoms with Gasteiger partial charge in [-0.2, -0.15) is 0 Å². The van der Waals surface area contributed by atoms with Crippen LogP contribution in [0.5, 0.6) is 0 Å². The van der Waals surface area contributed by atoms with Gasteiger partial charge in [0, 0.05) is 11.3 Å². The molecule has 0 spiro atoms. The van der Waals surface area contributed by atoms with Gasteiger partial charge in [0.05, 0.1) is 0 Å². The zero-order valence-electron chi connectivity index (χ0n) is 18.0. The first-order valence-electron chi connectivity index (χ1n) is 10.6. The third-order valence-corrected chi connectivity index (χ3v) is 7.15. The topological polar surface area (TPSA) is 0 Å². The molecule has 3 aliphatic carbocycles. The molecule has 29 heavy (non-hydrogen) atoms. The monoisotopic (exact) mass is 376 g/mol. The molecule has 0 heterocycles. The predicted molar refractivity (Wildman–Crippen MR) is 124 cm³/mol. The molecule has 0 saturated carbocycles. The zero-order valence-corrected chi connectivity index (χ0v) is 18.0. The molecule has 0 aromatic heterocycles. The molecule has 0 radical (unpaired) electrons. The molecule has 0 nitrogen and oxygen atoms in total. The second-order valence-electron chi connectivity index (χ2n) is 8.94. The summed E-state index contributed by atoms with van der Waals surface area (Å²) in [5.41, 5.74) is 13.8. The summed E-state index contributed by atoms with van der Waals surface area (Å²) in [4.78, 5) is 0. The summed E-state index contributed by atoms with van der Waals surface area (Å²) in [5.74, 6) is 0.309. The number of allylic oxidation sites excluding steroid dienone is 9. The van der Waals surface area contributed by atoms with Crippen LogP contribution in [0.2, 0.25) is 0 Å². The third kappa shape index (κ3) is 2.45. The van der Waals surface area contributed by atoms with Crippen LogP contribution in [0.25, 0.3) is 6.08 Å². The van der Waals surface area contributed by atoms with Crippen molar-refractivity contribution in [2.24, 2.45) is 0 Å². The lowest BCUT2D eigenvalue weighted by molar-refractivity contribution is 0.545. The van der Waals surface area contributed by atoms with E-state index in [1.54, 1.807) is 0 Å². The molecule has 0 fully saturated rings. The Morgan fingerprint density at radius 1 is 0.862 bits per heavy atom. The molecule has 2 aromatic carbocycles. The molecule has 1 unspecified atom stereocenters. The van der Waals surface area contributed by atoms with Gasteiger partial charge in [0.1, 0.15) is 0 Å². The molecular formula is C29H28. The first kappa shape index (κ1) is 18.2. The van der Waals surface area contributed by atoms with Crippen LogP contribution in [0.15, 0.2) is 94.6 Å². The average molecular weight is 377 g/mol. The van der Waals surface area contributed by atoms with Crippen molar-refractivity contribution in [3.05, 3.63) is 122 Å². The first-order valence-corrected chi connectivity index (χ1v) is 10.6. The van der Waals surface area contributed by atoms with Crippen LogP contribution < -0.4 is 0 Å². The van der Waals surface area contributed by atoms with Crippen LogP contribution in [0.3, 0.4) is 0 Å². The van der Waals surface area contributed by atoms with Crippen LogP contribution in [0.4, 0.5) is 0 Å². The Bertz CT molecular complexity index is 1190. The average Bonchev–Trinajstić information content (AvgIpc) is 3.20. The largest absolute Gasteiger partial charge is 0.0686 e. The van der Waals surface area contributed by atoms with Gasteiger partial charge in [0.15, 0.2) is 0 Å². The molecule has 3 aliphatic rings. The minimum absolute atomic E-state index is 0.188. The summed E-state index contributed by atoms with van der Waals surface area (Å²) >= 11 is 0. The Hall–Kier alpha value is -2.86. The number of benzene rings is 2. The van der Waals surface area contributed by atoms with Crippen molar-refractivity contribution in [1.82, 2.24) is 0 Å². The lowest BCUT2D eigenvalue weighted by atomic mass is 9.58. The van der Waals surface area contributed by atoms with Gasteiger partial charge >= 0.3 is 0 Å². The van der Waals surface area contributed by atoms with Gasteiger partial charge in [0.2, 0.25) is 0 Å². The number of fused-ring (bicyclic) bond motifs is 2. The summed E-state index contributed by atoms with van der Waals surface area (Å²) in [6.45, 7) is 11.3. The van der Waals surface area contributed by atoms with Crippen LogP contribution in [-0.4, -0.2) is 0 Å². The summed E-state index contributed by atoms with van der Waals surface area (Å²) in [6, 6.07) is 15.9. The molecule has 2 atom stereocenters. The summed E-state index contributed by atoms with van der Waals surface area (Å²) in [7, 11) is 0. The summed E-state index contributed by atoms with van der Waals surface area (Å²) in [5, 5.41) is 0. The van der Waals surface area contributed by atoms with E-state index in [1.807, 2.05) is 0 Å². The lowest BCUT2D eigenvalue weighted by Gasteiger charge is -2.43. The Kier molecular flexibility index (Phi) is 3.96. The predicted octanol–water partition coefficient (Wildman–Crippen LogP) is 7.51. The lowest BCUT2D eigenvalue weighted by Crippen LogP contribution is -2.36. The second-order valence-corrected chi connectivity index (χ2v) is 8.94. The van der Waals surface area contributed by atoms with Crippen molar-refractivity contribution in [1.29, 1.82) is 0 Å². The highest BCUT2D eigenvalue weighted by Gasteiger charge is 2.49. The number of rotatable bonds is 2. The van der Waals surface area contributed by atoms with E-state index in [1.165, 1.54) is 55.7 Å². The van der Waals surface area contributed by atoms with Gasteiger partial charge in [-0.25, -0.2) is 0 Å². The molecule has 5 rings (SSSR count). The van der Waals surface area contributed by atoms with Crippen molar-refractivity contribution in [2.45, 2.75) is 46.0 Å². The molecule has 0 aliphatic heterocycles. The maximum Gasteiger partial charge on any atom is 0.0499 e. The Labute approximate surface area is 174 Å². The third-order valence-electron chi connectivity index (χ3n) is 7.15. The smallest absolute Gasteiger partial charge is 0.0499 e. The molecule has 144 valence electrons. The Morgan fingerprint density at radius 3 is 2.48 bits per heavy atom. The number of hydrogen-bond donors (Lipinski definition) is 0. The maximum absolute atomic E-state index is 2.47. The van der Waals surface area contributed by atoms with Crippen LogP contribution >= 0.6 is 0 Å². The zero-order chi connectivity index (χ0) is 20.3. The van der Waals surface area contributed by atoms with E-state index in [0.29, 0.717) is 5.92 Å². The fourth-order valence-electron chi connectivity index (χ4n) is 5.67. The van der Waals surface area contributed by atoms with Gasteiger partial charge in [-0.05, 0) is 79.2 Å². The highest BCUT2D eigenvalue weighted by molar-refractivity contribution is 5.76. The molecule has 0 amide bonds. The second kappa shape index (κ2) is 6.32. The van der Waals surface area contributed by atoms with Gasteiger partial charge in [-0.1, -0.05) is 84.0 Å². The highest BCUT2D eigenvalue weighted by Crippen LogP contribution is 2.59. The van der Waals surface area contributed by atoms with Gasteiger partial charge in [-0.3, -0.25) is 0 Å². The van der Waals surface area contributed by atoms with Crippen LogP contribution in [0, 0.1) is 13.8 Å². The minimum Gasteiger partial charge on any atom is -0.0686 e. The SMILES string of the molecule is CC1=Cc2ccccc2[C@@H]1C1(c2cc(C)ccc2C)C=CC=C2C1=CC(C)=C2C. The summed E-state index contributed by atoms with van der Waals surface area (Å²) < 4.78 is 0. The van der Waals surface area contributed by atoms with E-state index in [9.17, 15) is 0 Å². The number of aryl methyl sites for hydroxylation is 2. The van der Waals surface area contributed by atoms with E-state index < -0.39 is 0 Å². The van der Waals surface area contributed by atoms with E-state index >= 15 is 0 Å². The molecule has 0 saturated heterocycles. The number of hydrogen-bond acceptors (Lipinski definition) is 0. The molecule has 2 aromatic rings. The van der Waals surface area contributed by atoms with Gasteiger partial charge in [-0.15, -0.1) is 0 Å².